The van der Waals surface area contributed by atoms with E-state index < -0.39 is 11.9 Å². The maximum absolute atomic E-state index is 13.9. The predicted octanol–water partition coefficient (Wildman–Crippen LogP) is 3.38. The molecule has 21 heavy (non-hydrogen) atoms. The van der Waals surface area contributed by atoms with Gasteiger partial charge < -0.3 is 14.7 Å². The standard InChI is InChI=1S/C17H26FNO2/c1-3-13-6-5-10-19(12-13)11-9-15(20)17-14(18)7-4-8-16(17)21-2/h4,7-8,13,15,20H,3,5-6,9-12H2,1-2H3. The van der Waals surface area contributed by atoms with E-state index in [1.807, 2.05) is 0 Å². The quantitative estimate of drug-likeness (QED) is 0.873. The van der Waals surface area contributed by atoms with Gasteiger partial charge in [0.1, 0.15) is 11.6 Å². The fourth-order valence-corrected chi connectivity index (χ4v) is 3.16. The summed E-state index contributed by atoms with van der Waals surface area (Å²) in [7, 11) is 1.50. The van der Waals surface area contributed by atoms with Gasteiger partial charge in [0.2, 0.25) is 0 Å². The molecule has 0 aliphatic carbocycles. The Balaban J connectivity index is 1.94. The Morgan fingerprint density at radius 2 is 2.29 bits per heavy atom. The van der Waals surface area contributed by atoms with E-state index in [4.69, 9.17) is 4.74 Å². The second-order valence-corrected chi connectivity index (χ2v) is 5.88. The minimum absolute atomic E-state index is 0.282. The largest absolute Gasteiger partial charge is 0.496 e. The third kappa shape index (κ3) is 4.17. The van der Waals surface area contributed by atoms with Crippen LogP contribution in [0.25, 0.3) is 0 Å². The molecule has 0 spiro atoms. The lowest BCUT2D eigenvalue weighted by Crippen LogP contribution is -2.36. The van der Waals surface area contributed by atoms with Crippen LogP contribution in [0.4, 0.5) is 4.39 Å². The highest BCUT2D eigenvalue weighted by molar-refractivity contribution is 5.36. The van der Waals surface area contributed by atoms with Gasteiger partial charge in [0.25, 0.3) is 0 Å². The molecule has 0 bridgehead atoms. The number of hydrogen-bond acceptors (Lipinski definition) is 3. The first kappa shape index (κ1) is 16.2. The van der Waals surface area contributed by atoms with Gasteiger partial charge in [-0.25, -0.2) is 4.39 Å². The second-order valence-electron chi connectivity index (χ2n) is 5.88. The fraction of sp³-hybridized carbons (Fsp3) is 0.647. The molecule has 1 heterocycles. The monoisotopic (exact) mass is 295 g/mol. The maximum Gasteiger partial charge on any atom is 0.132 e. The van der Waals surface area contributed by atoms with Crippen LogP contribution in [-0.4, -0.2) is 36.8 Å². The van der Waals surface area contributed by atoms with Crippen LogP contribution in [0.1, 0.15) is 44.3 Å². The summed E-state index contributed by atoms with van der Waals surface area (Å²) in [5, 5.41) is 10.3. The number of ether oxygens (including phenoxy) is 1. The van der Waals surface area contributed by atoms with Gasteiger partial charge in [0.05, 0.1) is 18.8 Å². The van der Waals surface area contributed by atoms with Gasteiger partial charge >= 0.3 is 0 Å². The smallest absolute Gasteiger partial charge is 0.132 e. The first-order chi connectivity index (χ1) is 10.2. The maximum atomic E-state index is 13.9. The summed E-state index contributed by atoms with van der Waals surface area (Å²) >= 11 is 0. The van der Waals surface area contributed by atoms with Crippen LogP contribution >= 0.6 is 0 Å². The Bertz CT molecular complexity index is 452. The van der Waals surface area contributed by atoms with Gasteiger partial charge in [-0.1, -0.05) is 19.4 Å². The van der Waals surface area contributed by atoms with Crippen molar-refractivity contribution >= 4 is 0 Å². The molecule has 1 aliphatic rings. The van der Waals surface area contributed by atoms with E-state index in [1.165, 1.54) is 32.4 Å². The van der Waals surface area contributed by atoms with Crippen LogP contribution in [0.3, 0.4) is 0 Å². The molecule has 3 nitrogen and oxygen atoms in total. The molecule has 2 rings (SSSR count). The normalized spacial score (nSPS) is 21.2. The van der Waals surface area contributed by atoms with Crippen molar-refractivity contribution in [1.29, 1.82) is 0 Å². The highest BCUT2D eigenvalue weighted by Gasteiger charge is 2.22. The molecule has 2 unspecified atom stereocenters. The lowest BCUT2D eigenvalue weighted by Gasteiger charge is -2.32. The van der Waals surface area contributed by atoms with Gasteiger partial charge in [-0.05, 0) is 43.9 Å². The summed E-state index contributed by atoms with van der Waals surface area (Å²) in [5.41, 5.74) is 0.282. The fourth-order valence-electron chi connectivity index (χ4n) is 3.16. The molecule has 0 radical (unpaired) electrons. The van der Waals surface area contributed by atoms with Crippen LogP contribution in [0.2, 0.25) is 0 Å². The number of aliphatic hydroxyl groups is 1. The molecular formula is C17H26FNO2. The van der Waals surface area contributed by atoms with E-state index in [2.05, 4.69) is 11.8 Å². The van der Waals surface area contributed by atoms with E-state index in [0.717, 1.165) is 25.6 Å². The zero-order valence-electron chi connectivity index (χ0n) is 13.0. The van der Waals surface area contributed by atoms with Gasteiger partial charge in [-0.2, -0.15) is 0 Å². The third-order valence-corrected chi connectivity index (χ3v) is 4.47. The van der Waals surface area contributed by atoms with E-state index in [1.54, 1.807) is 12.1 Å². The van der Waals surface area contributed by atoms with Gasteiger partial charge in [-0.3, -0.25) is 0 Å². The zero-order chi connectivity index (χ0) is 15.2. The Kier molecular flexibility index (Phi) is 6.00. The average Bonchev–Trinajstić information content (AvgIpc) is 2.52. The average molecular weight is 295 g/mol. The van der Waals surface area contributed by atoms with Crippen molar-refractivity contribution < 1.29 is 14.2 Å². The lowest BCUT2D eigenvalue weighted by atomic mass is 9.95. The van der Waals surface area contributed by atoms with Crippen LogP contribution < -0.4 is 4.74 Å². The summed E-state index contributed by atoms with van der Waals surface area (Å²) in [6.45, 7) is 5.21. The van der Waals surface area contributed by atoms with Crippen molar-refractivity contribution in [3.8, 4) is 5.75 Å². The van der Waals surface area contributed by atoms with Crippen molar-refractivity contribution in [2.75, 3.05) is 26.7 Å². The Morgan fingerprint density at radius 3 is 3.00 bits per heavy atom. The van der Waals surface area contributed by atoms with E-state index >= 15 is 0 Å². The minimum atomic E-state index is -0.817. The summed E-state index contributed by atoms with van der Waals surface area (Å²) in [6.07, 6.45) is 3.45. The molecular weight excluding hydrogens is 269 g/mol. The van der Waals surface area contributed by atoms with Crippen molar-refractivity contribution in [3.05, 3.63) is 29.6 Å². The summed E-state index contributed by atoms with van der Waals surface area (Å²) < 4.78 is 19.1. The number of benzene rings is 1. The molecule has 0 saturated carbocycles. The highest BCUT2D eigenvalue weighted by atomic mass is 19.1. The number of aliphatic hydroxyl groups excluding tert-OH is 1. The van der Waals surface area contributed by atoms with E-state index in [9.17, 15) is 9.50 Å². The molecule has 1 saturated heterocycles. The van der Waals surface area contributed by atoms with Gasteiger partial charge in [0, 0.05) is 13.1 Å². The first-order valence-electron chi connectivity index (χ1n) is 7.88. The molecule has 2 atom stereocenters. The molecule has 1 fully saturated rings. The summed E-state index contributed by atoms with van der Waals surface area (Å²) in [5.74, 6) is 0.790. The topological polar surface area (TPSA) is 32.7 Å². The summed E-state index contributed by atoms with van der Waals surface area (Å²) in [4.78, 5) is 2.38. The number of nitrogens with zero attached hydrogens (tertiary/aromatic N) is 1. The number of rotatable bonds is 6. The number of likely N-dealkylation sites (tertiary alicyclic amines) is 1. The van der Waals surface area contributed by atoms with Crippen molar-refractivity contribution in [2.24, 2.45) is 5.92 Å². The molecule has 0 aromatic heterocycles. The molecule has 1 N–H and O–H groups in total. The van der Waals surface area contributed by atoms with E-state index in [-0.39, 0.29) is 5.56 Å². The van der Waals surface area contributed by atoms with Gasteiger partial charge in [-0.15, -0.1) is 0 Å². The van der Waals surface area contributed by atoms with Crippen molar-refractivity contribution in [1.82, 2.24) is 4.90 Å². The SMILES string of the molecule is CCC1CCCN(CCC(O)c2c(F)cccc2OC)C1. The number of halogens is 1. The van der Waals surface area contributed by atoms with Crippen LogP contribution in [0.5, 0.6) is 5.75 Å². The van der Waals surface area contributed by atoms with Gasteiger partial charge in [0.15, 0.2) is 0 Å². The molecule has 1 aromatic rings. The molecule has 118 valence electrons. The number of hydrogen-bond donors (Lipinski definition) is 1. The zero-order valence-corrected chi connectivity index (χ0v) is 13.0. The lowest BCUT2D eigenvalue weighted by molar-refractivity contribution is 0.113. The molecule has 1 aromatic carbocycles. The Labute approximate surface area is 126 Å². The van der Waals surface area contributed by atoms with Crippen LogP contribution in [0.15, 0.2) is 18.2 Å². The first-order valence-corrected chi connectivity index (χ1v) is 7.88. The second kappa shape index (κ2) is 7.76. The van der Waals surface area contributed by atoms with E-state index in [0.29, 0.717) is 12.2 Å². The highest BCUT2D eigenvalue weighted by Crippen LogP contribution is 2.30. The molecule has 0 amide bonds. The number of piperidine rings is 1. The van der Waals surface area contributed by atoms with Crippen molar-refractivity contribution in [2.45, 2.75) is 38.7 Å². The van der Waals surface area contributed by atoms with Crippen molar-refractivity contribution in [3.63, 3.8) is 0 Å². The third-order valence-electron chi connectivity index (χ3n) is 4.47. The molecule has 1 aliphatic heterocycles. The Hall–Kier alpha value is -1.13. The number of methoxy groups -OCH3 is 1. The minimum Gasteiger partial charge on any atom is -0.496 e. The predicted molar refractivity (Wildman–Crippen MR) is 82.0 cm³/mol. The summed E-state index contributed by atoms with van der Waals surface area (Å²) in [6, 6.07) is 4.66. The Morgan fingerprint density at radius 1 is 1.48 bits per heavy atom. The van der Waals surface area contributed by atoms with Crippen LogP contribution in [-0.2, 0) is 0 Å². The van der Waals surface area contributed by atoms with Crippen LogP contribution in [0, 0.1) is 11.7 Å². The molecule has 4 heteroatoms.